The first-order valence-corrected chi connectivity index (χ1v) is 13.8. The van der Waals surface area contributed by atoms with Crippen molar-refractivity contribution in [3.63, 3.8) is 0 Å². The molecule has 0 aliphatic heterocycles. The summed E-state index contributed by atoms with van der Waals surface area (Å²) in [6, 6.07) is 10.8. The first kappa shape index (κ1) is 27.9. The average molecular weight is 554 g/mol. The van der Waals surface area contributed by atoms with E-state index in [0.717, 1.165) is 11.1 Å². The number of pyridine rings is 1. The largest absolute Gasteiger partial charge is 0.492 e. The van der Waals surface area contributed by atoms with Gasteiger partial charge in [0, 0.05) is 25.6 Å². The Morgan fingerprint density at radius 1 is 1.03 bits per heavy atom. The highest BCUT2D eigenvalue weighted by Crippen LogP contribution is 2.33. The van der Waals surface area contributed by atoms with E-state index in [2.05, 4.69) is 29.9 Å². The molecule has 0 aliphatic carbocycles. The third kappa shape index (κ3) is 5.99. The molecule has 0 fully saturated rings. The van der Waals surface area contributed by atoms with Gasteiger partial charge in [0.25, 0.3) is 0 Å². The molecule has 12 nitrogen and oxygen atoms in total. The Morgan fingerprint density at radius 3 is 2.44 bits per heavy atom. The lowest BCUT2D eigenvalue weighted by Gasteiger charge is -2.22. The van der Waals surface area contributed by atoms with Crippen LogP contribution in [0.4, 0.5) is 5.95 Å². The van der Waals surface area contributed by atoms with Crippen molar-refractivity contribution in [3.8, 4) is 28.8 Å². The van der Waals surface area contributed by atoms with Crippen LogP contribution >= 0.6 is 0 Å². The van der Waals surface area contributed by atoms with Crippen molar-refractivity contribution in [1.82, 2.24) is 29.7 Å². The van der Waals surface area contributed by atoms with Gasteiger partial charge in [0.2, 0.25) is 21.9 Å². The number of rotatable bonds is 11. The van der Waals surface area contributed by atoms with Gasteiger partial charge in [-0.1, -0.05) is 12.1 Å². The second-order valence-corrected chi connectivity index (χ2v) is 10.8. The van der Waals surface area contributed by atoms with Gasteiger partial charge in [-0.2, -0.15) is 0 Å². The van der Waals surface area contributed by atoms with Gasteiger partial charge in [-0.05, 0) is 57.0 Å². The summed E-state index contributed by atoms with van der Waals surface area (Å²) in [4.78, 5) is 13.0. The van der Waals surface area contributed by atoms with E-state index in [-0.39, 0.29) is 17.6 Å². The van der Waals surface area contributed by atoms with Gasteiger partial charge in [0.1, 0.15) is 22.8 Å². The molecule has 0 amide bonds. The number of hydrogen-bond acceptors (Lipinski definition) is 10. The fraction of sp³-hybridized carbons (Fsp3) is 0.346. The molecular weight excluding hydrogens is 522 g/mol. The van der Waals surface area contributed by atoms with E-state index in [1.807, 2.05) is 39.0 Å². The Bertz CT molecular complexity index is 1540. The Hall–Kier alpha value is -4.10. The zero-order valence-electron chi connectivity index (χ0n) is 22.6. The normalized spacial score (nSPS) is 13.1. The summed E-state index contributed by atoms with van der Waals surface area (Å²) in [5, 5.41) is 7.42. The van der Waals surface area contributed by atoms with Gasteiger partial charge in [-0.3, -0.25) is 9.29 Å². The van der Waals surface area contributed by atoms with E-state index in [1.54, 1.807) is 35.2 Å². The Morgan fingerprint density at radius 2 is 1.77 bits per heavy atom. The molecule has 0 bridgehead atoms. The van der Waals surface area contributed by atoms with Gasteiger partial charge >= 0.3 is 0 Å². The minimum atomic E-state index is -4.09. The molecule has 1 aromatic carbocycles. The average Bonchev–Trinajstić information content (AvgIpc) is 3.33. The molecular formula is C26H31N7O5S. The molecule has 0 radical (unpaired) electrons. The molecule has 0 saturated carbocycles. The van der Waals surface area contributed by atoms with E-state index in [1.165, 1.54) is 21.1 Å². The van der Waals surface area contributed by atoms with Crippen molar-refractivity contribution in [2.75, 3.05) is 25.5 Å². The lowest BCUT2D eigenvalue weighted by molar-refractivity contribution is 0.0949. The van der Waals surface area contributed by atoms with Crippen LogP contribution in [0.25, 0.3) is 17.2 Å². The second kappa shape index (κ2) is 11.7. The summed E-state index contributed by atoms with van der Waals surface area (Å²) in [5.74, 6) is 1.38. The van der Waals surface area contributed by atoms with Gasteiger partial charge in [0.15, 0.2) is 11.6 Å². The third-order valence-corrected chi connectivity index (χ3v) is 7.63. The Kier molecular flexibility index (Phi) is 8.41. The fourth-order valence-corrected chi connectivity index (χ4v) is 5.05. The topological polar surface area (TPSA) is 143 Å². The van der Waals surface area contributed by atoms with Crippen molar-refractivity contribution in [2.45, 2.75) is 39.0 Å². The Balaban J connectivity index is 1.83. The van der Waals surface area contributed by atoms with Crippen LogP contribution in [0, 0.1) is 13.8 Å². The monoisotopic (exact) mass is 553 g/mol. The number of nitrogens with zero attached hydrogens (tertiary/aromatic N) is 6. The van der Waals surface area contributed by atoms with Crippen molar-refractivity contribution in [3.05, 3.63) is 65.7 Å². The minimum Gasteiger partial charge on any atom is -0.492 e. The van der Waals surface area contributed by atoms with Crippen molar-refractivity contribution >= 4 is 16.0 Å². The maximum Gasteiger partial charge on any atom is 0.243 e. The van der Waals surface area contributed by atoms with Crippen LogP contribution in [0.2, 0.25) is 0 Å². The van der Waals surface area contributed by atoms with Gasteiger partial charge in [-0.15, -0.1) is 10.2 Å². The van der Waals surface area contributed by atoms with E-state index in [9.17, 15) is 8.42 Å². The van der Waals surface area contributed by atoms with Crippen LogP contribution < -0.4 is 14.2 Å². The maximum atomic E-state index is 13.7. The number of sulfonamides is 1. The minimum absolute atomic E-state index is 0.0484. The van der Waals surface area contributed by atoms with Crippen LogP contribution in [0.5, 0.6) is 11.6 Å². The molecule has 206 valence electrons. The third-order valence-electron chi connectivity index (χ3n) is 5.94. The van der Waals surface area contributed by atoms with E-state index in [4.69, 9.17) is 14.2 Å². The first-order chi connectivity index (χ1) is 18.7. The standard InChI is InChI=1S/C26H31N7O5S/c1-7-38-21-12-11-16(2)13-20(21)33-25(19-9-8-10-22(29-19)36-5)30-31-26(33)32-39(34,35)18(4)23(37-6)24-27-14-17(3)15-28-24/h8-15,18,23H,7H2,1-6H3,(H,31,32)/t18-,23-/m0/s1. The summed E-state index contributed by atoms with van der Waals surface area (Å²) in [6.45, 7) is 7.54. The highest BCUT2D eigenvalue weighted by atomic mass is 32.2. The second-order valence-electron chi connectivity index (χ2n) is 8.78. The number of benzene rings is 1. The lowest BCUT2D eigenvalue weighted by Crippen LogP contribution is -2.33. The highest BCUT2D eigenvalue weighted by molar-refractivity contribution is 7.93. The van der Waals surface area contributed by atoms with E-state index in [0.29, 0.717) is 29.6 Å². The fourth-order valence-electron chi connectivity index (χ4n) is 3.92. The summed E-state index contributed by atoms with van der Waals surface area (Å²) in [7, 11) is -1.17. The number of nitrogens with one attached hydrogen (secondary N) is 1. The zero-order chi connectivity index (χ0) is 28.2. The number of hydrogen-bond donors (Lipinski definition) is 1. The van der Waals surface area contributed by atoms with E-state index < -0.39 is 21.4 Å². The van der Waals surface area contributed by atoms with Crippen LogP contribution in [-0.4, -0.2) is 64.2 Å². The molecule has 0 unspecified atom stereocenters. The molecule has 13 heteroatoms. The van der Waals surface area contributed by atoms with Gasteiger partial charge in [0.05, 0.1) is 19.4 Å². The van der Waals surface area contributed by atoms with Gasteiger partial charge < -0.3 is 14.2 Å². The summed E-state index contributed by atoms with van der Waals surface area (Å²) < 4.78 is 48.1. The van der Waals surface area contributed by atoms with Crippen LogP contribution in [0.3, 0.4) is 0 Å². The molecule has 0 saturated heterocycles. The number of aryl methyl sites for hydroxylation is 2. The van der Waals surface area contributed by atoms with Crippen molar-refractivity contribution in [2.24, 2.45) is 0 Å². The number of aromatic nitrogens is 6. The van der Waals surface area contributed by atoms with E-state index >= 15 is 0 Å². The predicted octanol–water partition coefficient (Wildman–Crippen LogP) is 3.66. The molecule has 39 heavy (non-hydrogen) atoms. The van der Waals surface area contributed by atoms with Crippen LogP contribution in [0.1, 0.15) is 36.9 Å². The van der Waals surface area contributed by atoms with Gasteiger partial charge in [-0.25, -0.2) is 23.4 Å². The quantitative estimate of drug-likeness (QED) is 0.292. The molecule has 4 rings (SSSR count). The summed E-state index contributed by atoms with van der Waals surface area (Å²) >= 11 is 0. The molecule has 1 N–H and O–H groups in total. The zero-order valence-corrected chi connectivity index (χ0v) is 23.4. The van der Waals surface area contributed by atoms with Crippen molar-refractivity contribution < 1.29 is 22.6 Å². The molecule has 4 aromatic rings. The number of anilines is 1. The molecule has 3 aromatic heterocycles. The summed E-state index contributed by atoms with van der Waals surface area (Å²) in [6.07, 6.45) is 2.29. The first-order valence-electron chi connectivity index (χ1n) is 12.2. The summed E-state index contributed by atoms with van der Waals surface area (Å²) in [5.41, 5.74) is 2.73. The molecule has 2 atom stereocenters. The predicted molar refractivity (Wildman–Crippen MR) is 146 cm³/mol. The van der Waals surface area contributed by atoms with Crippen LogP contribution in [0.15, 0.2) is 48.8 Å². The lowest BCUT2D eigenvalue weighted by atomic mass is 10.2. The Labute approximate surface area is 227 Å². The number of methoxy groups -OCH3 is 2. The number of ether oxygens (including phenoxy) is 3. The molecule has 0 aliphatic rings. The smallest absolute Gasteiger partial charge is 0.243 e. The maximum absolute atomic E-state index is 13.7. The SMILES string of the molecule is CCOc1ccc(C)cc1-n1c(NS(=O)(=O)[C@@H](C)[C@H](OC)c2ncc(C)cn2)nnc1-c1cccc(OC)n1. The van der Waals surface area contributed by atoms with Crippen molar-refractivity contribution in [1.29, 1.82) is 0 Å². The highest BCUT2D eigenvalue weighted by Gasteiger charge is 2.34. The molecule has 3 heterocycles. The molecule has 0 spiro atoms. The van der Waals surface area contributed by atoms with Crippen LogP contribution in [-0.2, 0) is 14.8 Å².